The minimum absolute atomic E-state index is 0.0185. The average Bonchev–Trinajstić information content (AvgIpc) is 3.22. The molecule has 0 saturated carbocycles. The van der Waals surface area contributed by atoms with E-state index >= 15 is 0 Å². The maximum Gasteiger partial charge on any atom is 0.270 e. The number of aromatic nitrogens is 1. The second-order valence-electron chi connectivity index (χ2n) is 7.43. The number of nitrogens with one attached hydrogen (secondary N) is 2. The fourth-order valence-corrected chi connectivity index (χ4v) is 5.08. The van der Waals surface area contributed by atoms with Gasteiger partial charge in [0.05, 0.1) is 5.41 Å². The van der Waals surface area contributed by atoms with Crippen LogP contribution in [0.15, 0.2) is 51.4 Å². The van der Waals surface area contributed by atoms with Crippen LogP contribution in [0.4, 0.5) is 5.69 Å². The topological polar surface area (TPSA) is 65.2 Å². The summed E-state index contributed by atoms with van der Waals surface area (Å²) in [7, 11) is 0. The molecule has 142 valence electrons. The van der Waals surface area contributed by atoms with Crippen molar-refractivity contribution in [2.75, 3.05) is 18.4 Å². The van der Waals surface area contributed by atoms with Gasteiger partial charge in [-0.15, -0.1) is 0 Å². The molecule has 0 atom stereocenters. The average molecular weight is 503 g/mol. The van der Waals surface area contributed by atoms with Crippen LogP contribution in [0.5, 0.6) is 0 Å². The van der Waals surface area contributed by atoms with Gasteiger partial charge < -0.3 is 15.2 Å². The summed E-state index contributed by atoms with van der Waals surface area (Å²) in [6.07, 6.45) is 1.25. The fourth-order valence-electron chi connectivity index (χ4n) is 4.36. The Kier molecular flexibility index (Phi) is 4.14. The number of carbonyl (C=O) groups is 2. The Balaban J connectivity index is 1.39. The molecular formula is C21H17Br2N3O2. The highest BCUT2D eigenvalue weighted by atomic mass is 79.9. The van der Waals surface area contributed by atoms with Crippen molar-refractivity contribution in [2.45, 2.75) is 18.3 Å². The number of piperidine rings is 1. The first-order valence-electron chi connectivity index (χ1n) is 9.15. The molecule has 1 saturated heterocycles. The van der Waals surface area contributed by atoms with Gasteiger partial charge in [0, 0.05) is 38.6 Å². The van der Waals surface area contributed by atoms with E-state index in [0.29, 0.717) is 31.6 Å². The number of amides is 2. The number of hydrogen-bond donors (Lipinski definition) is 2. The highest BCUT2D eigenvalue weighted by Gasteiger charge is 2.49. The predicted octanol–water partition coefficient (Wildman–Crippen LogP) is 4.82. The van der Waals surface area contributed by atoms with E-state index in [0.717, 1.165) is 31.1 Å². The van der Waals surface area contributed by atoms with Crippen molar-refractivity contribution in [3.8, 4) is 0 Å². The molecule has 2 amide bonds. The summed E-state index contributed by atoms with van der Waals surface area (Å²) in [6.45, 7) is 1.11. The zero-order valence-electron chi connectivity index (χ0n) is 14.9. The summed E-state index contributed by atoms with van der Waals surface area (Å²) in [5.74, 6) is 0.0261. The minimum Gasteiger partial charge on any atom is -0.350 e. The highest BCUT2D eigenvalue weighted by Crippen LogP contribution is 2.46. The molecule has 1 fully saturated rings. The molecule has 5 nitrogen and oxygen atoms in total. The van der Waals surface area contributed by atoms with Gasteiger partial charge in [-0.05, 0) is 54.8 Å². The van der Waals surface area contributed by atoms with Crippen LogP contribution in [0.25, 0.3) is 10.9 Å². The van der Waals surface area contributed by atoms with E-state index in [-0.39, 0.29) is 11.8 Å². The van der Waals surface area contributed by atoms with Crippen molar-refractivity contribution >= 4 is 60.3 Å². The Hall–Kier alpha value is -2.12. The third kappa shape index (κ3) is 2.71. The Morgan fingerprint density at radius 3 is 2.50 bits per heavy atom. The summed E-state index contributed by atoms with van der Waals surface area (Å²) in [5, 5.41) is 4.02. The third-order valence-electron chi connectivity index (χ3n) is 5.90. The second-order valence-corrected chi connectivity index (χ2v) is 9.26. The van der Waals surface area contributed by atoms with Crippen LogP contribution in [-0.4, -0.2) is 34.8 Å². The zero-order valence-corrected chi connectivity index (χ0v) is 18.1. The Morgan fingerprint density at radius 2 is 1.71 bits per heavy atom. The molecule has 2 aliphatic rings. The maximum atomic E-state index is 13.0. The molecule has 0 aliphatic carbocycles. The monoisotopic (exact) mass is 501 g/mol. The van der Waals surface area contributed by atoms with Crippen LogP contribution in [0.2, 0.25) is 0 Å². The first-order chi connectivity index (χ1) is 13.5. The van der Waals surface area contributed by atoms with Gasteiger partial charge in [-0.1, -0.05) is 37.9 Å². The van der Waals surface area contributed by atoms with Crippen LogP contribution in [0.1, 0.15) is 28.9 Å². The smallest absolute Gasteiger partial charge is 0.270 e. The van der Waals surface area contributed by atoms with E-state index in [1.54, 1.807) is 0 Å². The van der Waals surface area contributed by atoms with Crippen molar-refractivity contribution in [1.82, 2.24) is 9.88 Å². The van der Waals surface area contributed by atoms with E-state index in [9.17, 15) is 9.59 Å². The van der Waals surface area contributed by atoms with Gasteiger partial charge in [-0.2, -0.15) is 0 Å². The van der Waals surface area contributed by atoms with Gasteiger partial charge in [-0.3, -0.25) is 9.59 Å². The number of benzene rings is 2. The lowest BCUT2D eigenvalue weighted by Crippen LogP contribution is -2.48. The van der Waals surface area contributed by atoms with Gasteiger partial charge in [0.15, 0.2) is 0 Å². The number of aromatic amines is 1. The number of likely N-dealkylation sites (tertiary alicyclic amines) is 1. The zero-order chi connectivity index (χ0) is 19.5. The SMILES string of the molecule is O=C(c1cc2ccc(Br)cc2[nH]1)N1CCC2(CC1)C(=O)Nc1ccc(Br)cc12. The number of hydrogen-bond acceptors (Lipinski definition) is 2. The van der Waals surface area contributed by atoms with Gasteiger partial charge in [0.1, 0.15) is 5.69 Å². The van der Waals surface area contributed by atoms with Gasteiger partial charge in [0.25, 0.3) is 5.91 Å². The van der Waals surface area contributed by atoms with Crippen LogP contribution in [0.3, 0.4) is 0 Å². The number of H-pyrrole nitrogens is 1. The molecule has 2 aromatic carbocycles. The van der Waals surface area contributed by atoms with Gasteiger partial charge >= 0.3 is 0 Å². The fraction of sp³-hybridized carbons (Fsp3) is 0.238. The van der Waals surface area contributed by atoms with Gasteiger partial charge in [0.2, 0.25) is 5.91 Å². The van der Waals surface area contributed by atoms with Crippen molar-refractivity contribution in [1.29, 1.82) is 0 Å². The lowest BCUT2D eigenvalue weighted by Gasteiger charge is -2.37. The largest absolute Gasteiger partial charge is 0.350 e. The molecule has 0 unspecified atom stereocenters. The number of nitrogens with zero attached hydrogens (tertiary/aromatic N) is 1. The molecule has 0 bridgehead atoms. The van der Waals surface area contributed by atoms with E-state index in [2.05, 4.69) is 42.2 Å². The first-order valence-corrected chi connectivity index (χ1v) is 10.7. The predicted molar refractivity (Wildman–Crippen MR) is 116 cm³/mol. The van der Waals surface area contributed by atoms with Crippen LogP contribution in [-0.2, 0) is 10.2 Å². The van der Waals surface area contributed by atoms with Crippen LogP contribution in [0, 0.1) is 0 Å². The Bertz CT molecular complexity index is 1130. The Labute approximate surface area is 178 Å². The number of rotatable bonds is 1. The molecule has 1 aromatic heterocycles. The molecule has 1 spiro atoms. The first kappa shape index (κ1) is 17.9. The van der Waals surface area contributed by atoms with Crippen LogP contribution < -0.4 is 5.32 Å². The molecule has 5 rings (SSSR count). The number of anilines is 1. The van der Waals surface area contributed by atoms with Crippen molar-refractivity contribution in [3.05, 3.63) is 62.7 Å². The van der Waals surface area contributed by atoms with Crippen molar-refractivity contribution < 1.29 is 9.59 Å². The van der Waals surface area contributed by atoms with Crippen molar-refractivity contribution in [3.63, 3.8) is 0 Å². The second kappa shape index (κ2) is 6.46. The lowest BCUT2D eigenvalue weighted by molar-refractivity contribution is -0.122. The highest BCUT2D eigenvalue weighted by molar-refractivity contribution is 9.10. The summed E-state index contributed by atoms with van der Waals surface area (Å²) in [4.78, 5) is 30.8. The summed E-state index contributed by atoms with van der Waals surface area (Å²) >= 11 is 6.97. The van der Waals surface area contributed by atoms with E-state index in [1.165, 1.54) is 0 Å². The van der Waals surface area contributed by atoms with E-state index < -0.39 is 5.41 Å². The van der Waals surface area contributed by atoms with E-state index in [1.807, 2.05) is 47.4 Å². The lowest BCUT2D eigenvalue weighted by atomic mass is 9.73. The van der Waals surface area contributed by atoms with Crippen molar-refractivity contribution in [2.24, 2.45) is 0 Å². The van der Waals surface area contributed by atoms with Gasteiger partial charge in [-0.25, -0.2) is 0 Å². The minimum atomic E-state index is -0.540. The molecule has 0 radical (unpaired) electrons. The molecule has 7 heteroatoms. The number of fused-ring (bicyclic) bond motifs is 3. The maximum absolute atomic E-state index is 13.0. The molecule has 2 N–H and O–H groups in total. The summed E-state index contributed by atoms with van der Waals surface area (Å²) < 4.78 is 1.93. The standard InChI is InChI=1S/C21H17Br2N3O2/c22-13-3-4-16-15(10-13)21(20(28)25-16)5-7-26(8-6-21)19(27)18-9-12-1-2-14(23)11-17(12)24-18/h1-4,9-11,24H,5-8H2,(H,25,28). The third-order valence-corrected chi connectivity index (χ3v) is 6.89. The molecule has 3 heterocycles. The number of halogens is 2. The molecule has 2 aliphatic heterocycles. The normalized spacial score (nSPS) is 17.8. The molecular weight excluding hydrogens is 486 g/mol. The quantitative estimate of drug-likeness (QED) is 0.501. The van der Waals surface area contributed by atoms with Crippen LogP contribution >= 0.6 is 31.9 Å². The summed E-state index contributed by atoms with van der Waals surface area (Å²) in [5.41, 5.74) is 2.90. The molecule has 28 heavy (non-hydrogen) atoms. The summed E-state index contributed by atoms with van der Waals surface area (Å²) in [6, 6.07) is 13.7. The number of carbonyl (C=O) groups excluding carboxylic acids is 2. The van der Waals surface area contributed by atoms with E-state index in [4.69, 9.17) is 0 Å². The Morgan fingerprint density at radius 1 is 1.00 bits per heavy atom. The molecule has 3 aromatic rings.